The van der Waals surface area contributed by atoms with Crippen LogP contribution in [0.5, 0.6) is 5.75 Å². The summed E-state index contributed by atoms with van der Waals surface area (Å²) in [6, 6.07) is 17.7. The monoisotopic (exact) mass is 373 g/mol. The van der Waals surface area contributed by atoms with Crippen LogP contribution in [0.25, 0.3) is 0 Å². The number of aliphatic hydroxyl groups excluding tert-OH is 1. The third kappa shape index (κ3) is 6.98. The second kappa shape index (κ2) is 11.4. The number of benzene rings is 2. The lowest BCUT2D eigenvalue weighted by Gasteiger charge is -2.13. The fourth-order valence-corrected chi connectivity index (χ4v) is 3.10. The third-order valence-electron chi connectivity index (χ3n) is 3.67. The van der Waals surface area contributed by atoms with E-state index in [1.54, 1.807) is 18.9 Å². The van der Waals surface area contributed by atoms with Crippen molar-refractivity contribution in [2.45, 2.75) is 17.9 Å². The van der Waals surface area contributed by atoms with Crippen molar-refractivity contribution >= 4 is 17.7 Å². The van der Waals surface area contributed by atoms with Gasteiger partial charge in [-0.1, -0.05) is 30.3 Å². The molecule has 1 unspecified atom stereocenters. The Morgan fingerprint density at radius 1 is 1.12 bits per heavy atom. The van der Waals surface area contributed by atoms with Crippen LogP contribution in [-0.4, -0.2) is 43.6 Å². The van der Waals surface area contributed by atoms with E-state index in [0.29, 0.717) is 12.5 Å². The molecule has 0 aliphatic heterocycles. The number of methoxy groups -OCH3 is 1. The van der Waals surface area contributed by atoms with Crippen molar-refractivity contribution in [1.82, 2.24) is 10.6 Å². The van der Waals surface area contributed by atoms with E-state index in [0.717, 1.165) is 30.2 Å². The lowest BCUT2D eigenvalue weighted by atomic mass is 10.1. The van der Waals surface area contributed by atoms with Gasteiger partial charge in [0, 0.05) is 23.7 Å². The zero-order valence-electron chi connectivity index (χ0n) is 15.3. The number of aliphatic hydroxyl groups is 1. The van der Waals surface area contributed by atoms with Crippen LogP contribution in [0, 0.1) is 0 Å². The number of rotatable bonds is 9. The van der Waals surface area contributed by atoms with E-state index in [2.05, 4.69) is 27.8 Å². The zero-order valence-corrected chi connectivity index (χ0v) is 16.1. The Morgan fingerprint density at radius 3 is 2.50 bits per heavy atom. The molecule has 26 heavy (non-hydrogen) atoms. The number of nitrogens with one attached hydrogen (secondary N) is 2. The topological polar surface area (TPSA) is 65.9 Å². The highest BCUT2D eigenvalue weighted by molar-refractivity contribution is 7.99. The molecule has 0 saturated carbocycles. The summed E-state index contributed by atoms with van der Waals surface area (Å²) in [5, 5.41) is 16.8. The molecular weight excluding hydrogens is 346 g/mol. The lowest BCUT2D eigenvalue weighted by molar-refractivity contribution is 0.187. The minimum atomic E-state index is -0.643. The molecule has 0 amide bonds. The summed E-state index contributed by atoms with van der Waals surface area (Å²) in [6.45, 7) is 3.89. The lowest BCUT2D eigenvalue weighted by Crippen LogP contribution is -2.38. The van der Waals surface area contributed by atoms with Crippen LogP contribution in [0.15, 0.2) is 64.5 Å². The van der Waals surface area contributed by atoms with Gasteiger partial charge in [-0.05, 0) is 36.8 Å². The second-order valence-corrected chi connectivity index (χ2v) is 6.77. The summed E-state index contributed by atoms with van der Waals surface area (Å²) in [7, 11) is 1.63. The molecule has 2 aromatic rings. The number of aliphatic imine (C=N–C) groups is 1. The Bertz CT molecular complexity index is 663. The van der Waals surface area contributed by atoms with Gasteiger partial charge in [-0.3, -0.25) is 4.99 Å². The number of ether oxygens (including phenoxy) is 1. The zero-order chi connectivity index (χ0) is 18.6. The highest BCUT2D eigenvalue weighted by atomic mass is 32.2. The van der Waals surface area contributed by atoms with Crippen LogP contribution in [0.2, 0.25) is 0 Å². The molecule has 0 saturated heterocycles. The first-order valence-corrected chi connectivity index (χ1v) is 9.73. The minimum absolute atomic E-state index is 0.299. The van der Waals surface area contributed by atoms with Crippen LogP contribution < -0.4 is 15.4 Å². The van der Waals surface area contributed by atoms with Gasteiger partial charge < -0.3 is 20.5 Å². The number of thioether (sulfide) groups is 1. The quantitative estimate of drug-likeness (QED) is 0.273. The maximum Gasteiger partial charge on any atom is 0.191 e. The molecule has 140 valence electrons. The maximum atomic E-state index is 10.3. The summed E-state index contributed by atoms with van der Waals surface area (Å²) in [5.74, 6) is 2.43. The Balaban J connectivity index is 1.80. The third-order valence-corrected chi connectivity index (χ3v) is 4.69. The van der Waals surface area contributed by atoms with E-state index in [4.69, 9.17) is 4.74 Å². The molecule has 0 spiro atoms. The van der Waals surface area contributed by atoms with Crippen molar-refractivity contribution in [1.29, 1.82) is 0 Å². The van der Waals surface area contributed by atoms with Crippen LogP contribution in [0.3, 0.4) is 0 Å². The van der Waals surface area contributed by atoms with Crippen molar-refractivity contribution in [3.05, 3.63) is 60.2 Å². The van der Waals surface area contributed by atoms with Crippen molar-refractivity contribution < 1.29 is 9.84 Å². The van der Waals surface area contributed by atoms with Gasteiger partial charge in [-0.15, -0.1) is 11.8 Å². The van der Waals surface area contributed by atoms with E-state index in [1.165, 1.54) is 4.90 Å². The number of guanidine groups is 1. The second-order valence-electron chi connectivity index (χ2n) is 5.60. The molecule has 0 fully saturated rings. The Morgan fingerprint density at radius 2 is 1.85 bits per heavy atom. The molecule has 3 N–H and O–H groups in total. The summed E-state index contributed by atoms with van der Waals surface area (Å²) in [5.41, 5.74) is 0.824. The SMILES string of the molecule is CCNC(=NCC(O)c1ccc(OC)cc1)NCCSc1ccccc1. The number of hydrogen-bond donors (Lipinski definition) is 3. The van der Waals surface area contributed by atoms with E-state index >= 15 is 0 Å². The molecule has 5 nitrogen and oxygen atoms in total. The van der Waals surface area contributed by atoms with Gasteiger partial charge in [0.2, 0.25) is 0 Å². The van der Waals surface area contributed by atoms with Gasteiger partial charge in [-0.2, -0.15) is 0 Å². The standard InChI is InChI=1S/C20H27N3O2S/c1-3-21-20(22-13-14-26-18-7-5-4-6-8-18)23-15-19(24)16-9-11-17(25-2)12-10-16/h4-12,19,24H,3,13-15H2,1-2H3,(H2,21,22,23). The van der Waals surface area contributed by atoms with E-state index in [1.807, 2.05) is 49.4 Å². The van der Waals surface area contributed by atoms with Crippen LogP contribution in [0.1, 0.15) is 18.6 Å². The van der Waals surface area contributed by atoms with Crippen LogP contribution >= 0.6 is 11.8 Å². The first kappa shape index (κ1) is 20.1. The first-order valence-electron chi connectivity index (χ1n) is 8.75. The summed E-state index contributed by atoms with van der Waals surface area (Å²) >= 11 is 1.80. The number of hydrogen-bond acceptors (Lipinski definition) is 4. The maximum absolute atomic E-state index is 10.3. The Hall–Kier alpha value is -2.18. The van der Waals surface area contributed by atoms with Crippen molar-refractivity contribution in [2.24, 2.45) is 4.99 Å². The van der Waals surface area contributed by atoms with E-state index < -0.39 is 6.10 Å². The normalized spacial score (nSPS) is 12.5. The molecule has 6 heteroatoms. The van der Waals surface area contributed by atoms with E-state index in [9.17, 15) is 5.11 Å². The largest absolute Gasteiger partial charge is 0.497 e. The average molecular weight is 374 g/mol. The number of nitrogens with zero attached hydrogens (tertiary/aromatic N) is 1. The molecule has 0 aromatic heterocycles. The highest BCUT2D eigenvalue weighted by Gasteiger charge is 2.07. The first-order chi connectivity index (χ1) is 12.7. The fourth-order valence-electron chi connectivity index (χ4n) is 2.31. The molecule has 1 atom stereocenters. The van der Waals surface area contributed by atoms with Crippen LogP contribution in [0.4, 0.5) is 0 Å². The van der Waals surface area contributed by atoms with Gasteiger partial charge in [0.1, 0.15) is 5.75 Å². The van der Waals surface area contributed by atoms with Gasteiger partial charge >= 0.3 is 0 Å². The highest BCUT2D eigenvalue weighted by Crippen LogP contribution is 2.18. The summed E-state index contributed by atoms with van der Waals surface area (Å²) in [6.07, 6.45) is -0.643. The molecule has 0 radical (unpaired) electrons. The van der Waals surface area contributed by atoms with Crippen molar-refractivity contribution in [2.75, 3.05) is 32.5 Å². The predicted octanol–water partition coefficient (Wildman–Crippen LogP) is 3.08. The molecule has 0 aliphatic rings. The van der Waals surface area contributed by atoms with Crippen molar-refractivity contribution in [3.8, 4) is 5.75 Å². The van der Waals surface area contributed by atoms with Gasteiger partial charge in [0.05, 0.1) is 19.8 Å². The van der Waals surface area contributed by atoms with Gasteiger partial charge in [-0.25, -0.2) is 0 Å². The van der Waals surface area contributed by atoms with Crippen molar-refractivity contribution in [3.63, 3.8) is 0 Å². The summed E-state index contributed by atoms with van der Waals surface area (Å²) in [4.78, 5) is 5.74. The molecular formula is C20H27N3O2S. The summed E-state index contributed by atoms with van der Waals surface area (Å²) < 4.78 is 5.13. The van der Waals surface area contributed by atoms with E-state index in [-0.39, 0.29) is 0 Å². The fraction of sp³-hybridized carbons (Fsp3) is 0.350. The van der Waals surface area contributed by atoms with Gasteiger partial charge in [0.15, 0.2) is 5.96 Å². The molecule has 2 rings (SSSR count). The molecule has 0 bridgehead atoms. The Kier molecular flexibility index (Phi) is 8.86. The average Bonchev–Trinajstić information content (AvgIpc) is 2.70. The van der Waals surface area contributed by atoms with Gasteiger partial charge in [0.25, 0.3) is 0 Å². The molecule has 0 heterocycles. The molecule has 0 aliphatic carbocycles. The molecule has 2 aromatic carbocycles. The van der Waals surface area contributed by atoms with Crippen LogP contribution in [-0.2, 0) is 0 Å². The smallest absolute Gasteiger partial charge is 0.191 e. The minimum Gasteiger partial charge on any atom is -0.497 e. The predicted molar refractivity (Wildman–Crippen MR) is 109 cm³/mol. The Labute approximate surface area is 159 Å².